The van der Waals surface area contributed by atoms with Crippen LogP contribution in [0.2, 0.25) is 0 Å². The van der Waals surface area contributed by atoms with Gasteiger partial charge < -0.3 is 25.6 Å². The van der Waals surface area contributed by atoms with E-state index in [2.05, 4.69) is 49.9 Å². The molecule has 0 saturated carbocycles. The maximum atomic E-state index is 12.9. The van der Waals surface area contributed by atoms with Crippen LogP contribution in [0, 0.1) is 0 Å². The van der Waals surface area contributed by atoms with Gasteiger partial charge in [0.25, 0.3) is 0 Å². The van der Waals surface area contributed by atoms with Crippen molar-refractivity contribution in [1.82, 2.24) is 30.0 Å². The van der Waals surface area contributed by atoms with E-state index in [1.165, 1.54) is 10.9 Å². The highest BCUT2D eigenvalue weighted by atomic mass is 16.2. The largest absolute Gasteiger partial charge is 0.361 e. The highest BCUT2D eigenvalue weighted by Gasteiger charge is 2.28. The number of amides is 1. The zero-order valence-electron chi connectivity index (χ0n) is 19.4. The molecular formula is C26H29N7O. The van der Waals surface area contributed by atoms with Crippen LogP contribution in [0.25, 0.3) is 21.8 Å². The summed E-state index contributed by atoms with van der Waals surface area (Å²) in [6.07, 6.45) is 7.15. The average Bonchev–Trinajstić information content (AvgIpc) is 3.55. The van der Waals surface area contributed by atoms with Crippen molar-refractivity contribution in [3.8, 4) is 0 Å². The Morgan fingerprint density at radius 2 is 1.65 bits per heavy atom. The fourth-order valence-electron chi connectivity index (χ4n) is 4.36. The van der Waals surface area contributed by atoms with E-state index in [4.69, 9.17) is 5.73 Å². The number of hydrogen-bond acceptors (Lipinski definition) is 4. The number of rotatable bonds is 8. The normalized spacial score (nSPS) is 12.9. The summed E-state index contributed by atoms with van der Waals surface area (Å²) in [5.41, 5.74) is 9.60. The van der Waals surface area contributed by atoms with Crippen LogP contribution in [0.15, 0.2) is 67.3 Å². The summed E-state index contributed by atoms with van der Waals surface area (Å²) in [6, 6.07) is 16.0. The van der Waals surface area contributed by atoms with Crippen molar-refractivity contribution in [3.63, 3.8) is 0 Å². The van der Waals surface area contributed by atoms with E-state index in [0.29, 0.717) is 18.8 Å². The third-order valence-electron chi connectivity index (χ3n) is 6.24. The van der Waals surface area contributed by atoms with Gasteiger partial charge >= 0.3 is 0 Å². The molecule has 34 heavy (non-hydrogen) atoms. The van der Waals surface area contributed by atoms with E-state index < -0.39 is 5.54 Å². The molecule has 0 aliphatic heterocycles. The van der Waals surface area contributed by atoms with E-state index in [9.17, 15) is 4.79 Å². The number of carbonyl (C=O) groups is 1. The van der Waals surface area contributed by atoms with Gasteiger partial charge in [0, 0.05) is 47.2 Å². The van der Waals surface area contributed by atoms with Crippen molar-refractivity contribution >= 4 is 27.7 Å². The molecule has 0 spiro atoms. The summed E-state index contributed by atoms with van der Waals surface area (Å²) in [4.78, 5) is 19.5. The lowest BCUT2D eigenvalue weighted by atomic mass is 10.0. The molecule has 5 N–H and O–H groups in total. The Kier molecular flexibility index (Phi) is 5.67. The predicted molar refractivity (Wildman–Crippen MR) is 133 cm³/mol. The van der Waals surface area contributed by atoms with Crippen molar-refractivity contribution < 1.29 is 4.79 Å². The maximum Gasteiger partial charge on any atom is 0.240 e. The van der Waals surface area contributed by atoms with Crippen molar-refractivity contribution in [2.45, 2.75) is 44.8 Å². The molecule has 0 aliphatic rings. The molecule has 174 valence electrons. The Morgan fingerprint density at radius 3 is 2.32 bits per heavy atom. The third kappa shape index (κ3) is 4.32. The first-order valence-electron chi connectivity index (χ1n) is 11.5. The highest BCUT2D eigenvalue weighted by Crippen LogP contribution is 2.25. The lowest BCUT2D eigenvalue weighted by molar-refractivity contribution is -0.126. The fourth-order valence-corrected chi connectivity index (χ4v) is 4.36. The zero-order valence-corrected chi connectivity index (χ0v) is 19.4. The SMILES string of the molecule is CC(C)(N)C(=O)NC(Cc1c[nH]c2ccccc12)c1nncn1CCc1c[nH]c2ccccc12. The topological polar surface area (TPSA) is 117 Å². The van der Waals surface area contributed by atoms with E-state index in [1.54, 1.807) is 20.2 Å². The molecule has 5 rings (SSSR count). The molecule has 5 aromatic rings. The lowest BCUT2D eigenvalue weighted by Crippen LogP contribution is -2.50. The van der Waals surface area contributed by atoms with E-state index in [1.807, 2.05) is 41.1 Å². The number of aromatic amines is 2. The van der Waals surface area contributed by atoms with Gasteiger partial charge in [-0.15, -0.1) is 10.2 Å². The average molecular weight is 456 g/mol. The van der Waals surface area contributed by atoms with E-state index in [0.717, 1.165) is 28.4 Å². The van der Waals surface area contributed by atoms with Crippen molar-refractivity contribution in [2.24, 2.45) is 5.73 Å². The first kappa shape index (κ1) is 21.9. The van der Waals surface area contributed by atoms with Crippen LogP contribution in [0.1, 0.15) is 36.8 Å². The zero-order chi connectivity index (χ0) is 23.7. The number of para-hydroxylation sites is 2. The molecule has 1 atom stereocenters. The highest BCUT2D eigenvalue weighted by molar-refractivity contribution is 5.86. The van der Waals surface area contributed by atoms with Crippen LogP contribution >= 0.6 is 0 Å². The molecule has 3 aromatic heterocycles. The molecule has 1 amide bonds. The number of fused-ring (bicyclic) bond motifs is 2. The number of aryl methyl sites for hydroxylation is 2. The second kappa shape index (κ2) is 8.79. The summed E-state index contributed by atoms with van der Waals surface area (Å²) >= 11 is 0. The van der Waals surface area contributed by atoms with Crippen LogP contribution in [0.5, 0.6) is 0 Å². The van der Waals surface area contributed by atoms with Crippen LogP contribution in [0.4, 0.5) is 0 Å². The number of nitrogens with zero attached hydrogens (tertiary/aromatic N) is 3. The van der Waals surface area contributed by atoms with Gasteiger partial charge in [-0.3, -0.25) is 4.79 Å². The Morgan fingerprint density at radius 1 is 1.03 bits per heavy atom. The lowest BCUT2D eigenvalue weighted by Gasteiger charge is -2.24. The smallest absolute Gasteiger partial charge is 0.240 e. The number of nitrogens with two attached hydrogens (primary N) is 1. The molecule has 2 aromatic carbocycles. The summed E-state index contributed by atoms with van der Waals surface area (Å²) in [7, 11) is 0. The van der Waals surface area contributed by atoms with Crippen LogP contribution in [0.3, 0.4) is 0 Å². The molecule has 0 bridgehead atoms. The monoisotopic (exact) mass is 455 g/mol. The molecule has 0 saturated heterocycles. The number of aromatic nitrogens is 5. The van der Waals surface area contributed by atoms with Crippen molar-refractivity contribution in [1.29, 1.82) is 0 Å². The Bertz CT molecular complexity index is 1440. The first-order valence-corrected chi connectivity index (χ1v) is 11.5. The first-order chi connectivity index (χ1) is 16.4. The minimum Gasteiger partial charge on any atom is -0.361 e. The summed E-state index contributed by atoms with van der Waals surface area (Å²) in [6.45, 7) is 4.09. The summed E-state index contributed by atoms with van der Waals surface area (Å²) in [5.74, 6) is 0.478. The maximum absolute atomic E-state index is 12.9. The minimum absolute atomic E-state index is 0.233. The molecule has 8 nitrogen and oxygen atoms in total. The van der Waals surface area contributed by atoms with Gasteiger partial charge in [0.15, 0.2) is 5.82 Å². The van der Waals surface area contributed by atoms with Gasteiger partial charge in [0.1, 0.15) is 6.33 Å². The molecule has 0 fully saturated rings. The van der Waals surface area contributed by atoms with Crippen molar-refractivity contribution in [3.05, 3.63) is 84.2 Å². The van der Waals surface area contributed by atoms with Gasteiger partial charge in [-0.2, -0.15) is 0 Å². The molecule has 3 heterocycles. The summed E-state index contributed by atoms with van der Waals surface area (Å²) < 4.78 is 2.02. The quantitative estimate of drug-likeness (QED) is 0.286. The van der Waals surface area contributed by atoms with Crippen LogP contribution in [-0.2, 0) is 24.2 Å². The predicted octanol–water partition coefficient (Wildman–Crippen LogP) is 3.62. The Hall–Kier alpha value is -3.91. The number of H-pyrrole nitrogens is 2. The van der Waals surface area contributed by atoms with Crippen LogP contribution < -0.4 is 11.1 Å². The van der Waals surface area contributed by atoms with Crippen molar-refractivity contribution in [2.75, 3.05) is 0 Å². The second-order valence-corrected chi connectivity index (χ2v) is 9.30. The van der Waals surface area contributed by atoms with E-state index >= 15 is 0 Å². The standard InChI is InChI=1S/C26H29N7O/c1-26(2,27)25(34)31-23(13-18-15-29-22-10-6-4-8-20(18)22)24-32-30-16-33(24)12-11-17-14-28-21-9-5-3-7-19(17)21/h3-10,14-16,23,28-29H,11-13,27H2,1-2H3,(H,31,34). The van der Waals surface area contributed by atoms with Gasteiger partial charge in [-0.1, -0.05) is 36.4 Å². The molecule has 8 heteroatoms. The number of hydrogen-bond donors (Lipinski definition) is 4. The Labute approximate surface area is 197 Å². The number of carbonyl (C=O) groups excluding carboxylic acids is 1. The number of benzene rings is 2. The fraction of sp³-hybridized carbons (Fsp3) is 0.269. The molecule has 1 unspecified atom stereocenters. The Balaban J connectivity index is 1.43. The van der Waals surface area contributed by atoms with E-state index in [-0.39, 0.29) is 11.9 Å². The number of nitrogens with one attached hydrogen (secondary N) is 3. The van der Waals surface area contributed by atoms with Gasteiger partial charge in [-0.05, 0) is 43.5 Å². The molecule has 0 radical (unpaired) electrons. The van der Waals surface area contributed by atoms with Gasteiger partial charge in [-0.25, -0.2) is 0 Å². The van der Waals surface area contributed by atoms with Gasteiger partial charge in [0.2, 0.25) is 5.91 Å². The van der Waals surface area contributed by atoms with Crippen LogP contribution in [-0.4, -0.2) is 36.2 Å². The third-order valence-corrected chi connectivity index (χ3v) is 6.24. The molecular weight excluding hydrogens is 426 g/mol. The minimum atomic E-state index is -1.01. The molecule has 0 aliphatic carbocycles. The summed E-state index contributed by atoms with van der Waals surface area (Å²) in [5, 5.41) is 14.1. The van der Waals surface area contributed by atoms with Gasteiger partial charge in [0.05, 0.1) is 11.6 Å². The second-order valence-electron chi connectivity index (χ2n) is 9.30.